The molecule has 1 fully saturated rings. The number of hydrogen-bond acceptors (Lipinski definition) is 4. The van der Waals surface area contributed by atoms with Crippen molar-refractivity contribution in [3.05, 3.63) is 71.0 Å². The third kappa shape index (κ3) is 3.94. The number of halogens is 1. The van der Waals surface area contributed by atoms with Gasteiger partial charge in [0, 0.05) is 18.7 Å². The van der Waals surface area contributed by atoms with Crippen molar-refractivity contribution in [3.63, 3.8) is 0 Å². The van der Waals surface area contributed by atoms with Crippen LogP contribution in [0.2, 0.25) is 0 Å². The van der Waals surface area contributed by atoms with Crippen LogP contribution < -0.4 is 10.0 Å². The van der Waals surface area contributed by atoms with Gasteiger partial charge in [0.1, 0.15) is 5.82 Å². The van der Waals surface area contributed by atoms with E-state index in [9.17, 15) is 19.1 Å². The summed E-state index contributed by atoms with van der Waals surface area (Å²) >= 11 is 0. The summed E-state index contributed by atoms with van der Waals surface area (Å²) in [4.78, 5) is 24.9. The number of anilines is 1. The summed E-state index contributed by atoms with van der Waals surface area (Å²) in [5, 5.41) is 10.7. The highest BCUT2D eigenvalue weighted by molar-refractivity contribution is 6.07. The van der Waals surface area contributed by atoms with Crippen LogP contribution in [0.1, 0.15) is 39.1 Å². The van der Waals surface area contributed by atoms with Crippen LogP contribution in [-0.2, 0) is 0 Å². The molecule has 25 heavy (non-hydrogen) atoms. The quantitative estimate of drug-likeness (QED) is 0.621. The minimum atomic E-state index is -1.25. The Bertz CT molecular complexity index is 821. The molecule has 0 N–H and O–H groups in total. The van der Waals surface area contributed by atoms with Crippen LogP contribution in [-0.4, -0.2) is 24.8 Å². The molecule has 0 bridgehead atoms. The highest BCUT2D eigenvalue weighted by Gasteiger charge is 2.17. The predicted molar refractivity (Wildman–Crippen MR) is 92.0 cm³/mol. The molecule has 2 aromatic rings. The molecule has 3 rings (SSSR count). The summed E-state index contributed by atoms with van der Waals surface area (Å²) in [6, 6.07) is 10.5. The van der Waals surface area contributed by atoms with Gasteiger partial charge in [-0.3, -0.25) is 4.79 Å². The zero-order valence-electron chi connectivity index (χ0n) is 13.6. The summed E-state index contributed by atoms with van der Waals surface area (Å²) in [5.41, 5.74) is 1.56. The average Bonchev–Trinajstić information content (AvgIpc) is 3.14. The molecule has 4 nitrogen and oxygen atoms in total. The van der Waals surface area contributed by atoms with Gasteiger partial charge in [0.05, 0.1) is 11.7 Å². The number of ketones is 1. The molecule has 0 aromatic heterocycles. The van der Waals surface area contributed by atoms with Crippen molar-refractivity contribution in [1.82, 2.24) is 0 Å². The molecular formula is C20H17FNO3-. The molecule has 0 radical (unpaired) electrons. The van der Waals surface area contributed by atoms with E-state index in [1.165, 1.54) is 24.3 Å². The van der Waals surface area contributed by atoms with Crippen LogP contribution in [0.4, 0.5) is 10.1 Å². The minimum absolute atomic E-state index is 0.0723. The van der Waals surface area contributed by atoms with Crippen LogP contribution in [0.3, 0.4) is 0 Å². The van der Waals surface area contributed by atoms with E-state index in [1.807, 2.05) is 4.90 Å². The average molecular weight is 338 g/mol. The van der Waals surface area contributed by atoms with E-state index in [0.29, 0.717) is 11.3 Å². The molecule has 0 atom stereocenters. The zero-order chi connectivity index (χ0) is 17.8. The Kier molecular flexibility index (Phi) is 4.93. The van der Waals surface area contributed by atoms with Crippen LogP contribution in [0.5, 0.6) is 0 Å². The molecule has 5 heteroatoms. The fourth-order valence-corrected chi connectivity index (χ4v) is 2.87. The fraction of sp³-hybridized carbons (Fsp3) is 0.200. The Labute approximate surface area is 145 Å². The third-order valence-electron chi connectivity index (χ3n) is 4.25. The van der Waals surface area contributed by atoms with Gasteiger partial charge in [-0.1, -0.05) is 30.3 Å². The topological polar surface area (TPSA) is 60.4 Å². The Hall–Kier alpha value is -2.95. The van der Waals surface area contributed by atoms with E-state index in [0.717, 1.165) is 25.9 Å². The first-order chi connectivity index (χ1) is 12.0. The monoisotopic (exact) mass is 338 g/mol. The lowest BCUT2D eigenvalue weighted by atomic mass is 10.1. The second-order valence-electron chi connectivity index (χ2n) is 5.97. The maximum atomic E-state index is 14.3. The van der Waals surface area contributed by atoms with E-state index >= 15 is 0 Å². The summed E-state index contributed by atoms with van der Waals surface area (Å²) in [6.45, 7) is 1.68. The van der Waals surface area contributed by atoms with Crippen molar-refractivity contribution in [3.8, 4) is 0 Å². The zero-order valence-corrected chi connectivity index (χ0v) is 13.6. The summed E-state index contributed by atoms with van der Waals surface area (Å²) in [6.07, 6.45) is 5.02. The number of rotatable bonds is 5. The molecule has 0 saturated carbocycles. The summed E-state index contributed by atoms with van der Waals surface area (Å²) in [7, 11) is 0. The summed E-state index contributed by atoms with van der Waals surface area (Å²) in [5.74, 6) is -1.95. The van der Waals surface area contributed by atoms with Gasteiger partial charge in [0.2, 0.25) is 0 Å². The van der Waals surface area contributed by atoms with E-state index in [4.69, 9.17) is 0 Å². The van der Waals surface area contributed by atoms with Crippen molar-refractivity contribution < 1.29 is 19.1 Å². The summed E-state index contributed by atoms with van der Waals surface area (Å²) < 4.78 is 14.3. The Morgan fingerprint density at radius 2 is 1.64 bits per heavy atom. The number of hydrogen-bond donors (Lipinski definition) is 0. The normalized spacial score (nSPS) is 14.2. The predicted octanol–water partition coefficient (Wildman–Crippen LogP) is 2.69. The number of carboxylic acid groups (broad SMARTS) is 1. The van der Waals surface area contributed by atoms with Crippen molar-refractivity contribution in [2.24, 2.45) is 0 Å². The van der Waals surface area contributed by atoms with Crippen LogP contribution in [0.15, 0.2) is 48.5 Å². The molecule has 2 aromatic carbocycles. The van der Waals surface area contributed by atoms with Crippen LogP contribution >= 0.6 is 0 Å². The van der Waals surface area contributed by atoms with Crippen molar-refractivity contribution in [2.75, 3.05) is 18.0 Å². The highest BCUT2D eigenvalue weighted by Crippen LogP contribution is 2.24. The molecule has 1 saturated heterocycles. The second kappa shape index (κ2) is 7.30. The number of benzene rings is 2. The maximum absolute atomic E-state index is 14.3. The smallest absolute Gasteiger partial charge is 0.185 e. The van der Waals surface area contributed by atoms with Crippen LogP contribution in [0, 0.1) is 5.82 Å². The molecule has 1 heterocycles. The fourth-order valence-electron chi connectivity index (χ4n) is 2.87. The molecule has 0 aliphatic carbocycles. The van der Waals surface area contributed by atoms with Crippen molar-refractivity contribution in [2.45, 2.75) is 12.8 Å². The first-order valence-corrected chi connectivity index (χ1v) is 8.13. The van der Waals surface area contributed by atoms with Gasteiger partial charge in [-0.25, -0.2) is 4.39 Å². The first kappa shape index (κ1) is 16.9. The van der Waals surface area contributed by atoms with Gasteiger partial charge in [0.15, 0.2) is 5.78 Å². The van der Waals surface area contributed by atoms with E-state index in [-0.39, 0.29) is 22.7 Å². The molecule has 128 valence electrons. The molecule has 0 unspecified atom stereocenters. The Morgan fingerprint density at radius 3 is 2.24 bits per heavy atom. The maximum Gasteiger partial charge on any atom is 0.185 e. The number of carboxylic acids is 1. The number of carbonyl (C=O) groups excluding carboxylic acids is 2. The Balaban J connectivity index is 1.72. The van der Waals surface area contributed by atoms with Crippen LogP contribution in [0.25, 0.3) is 6.08 Å². The van der Waals surface area contributed by atoms with Gasteiger partial charge < -0.3 is 14.8 Å². The van der Waals surface area contributed by atoms with E-state index in [1.54, 1.807) is 30.3 Å². The number of carbonyl (C=O) groups is 2. The molecule has 1 aliphatic heterocycles. The highest BCUT2D eigenvalue weighted by atomic mass is 19.1. The first-order valence-electron chi connectivity index (χ1n) is 8.13. The molecule has 1 aliphatic rings. The van der Waals surface area contributed by atoms with E-state index < -0.39 is 5.97 Å². The molecular weight excluding hydrogens is 321 g/mol. The largest absolute Gasteiger partial charge is 0.545 e. The molecule has 0 spiro atoms. The molecule has 0 amide bonds. The van der Waals surface area contributed by atoms with Crippen molar-refractivity contribution >= 4 is 23.5 Å². The SMILES string of the molecule is O=C([O-])c1ccc(/C=C/C(=O)c2ccc(N3CCCC3)c(F)c2)cc1. The Morgan fingerprint density at radius 1 is 1.00 bits per heavy atom. The standard InChI is InChI=1S/C20H18FNO3/c21-17-13-16(8-9-18(17)22-11-1-2-12-22)19(23)10-5-14-3-6-15(7-4-14)20(24)25/h3-10,13H,1-2,11-12H2,(H,24,25)/p-1/b10-5+. The van der Waals surface area contributed by atoms with Crippen molar-refractivity contribution in [1.29, 1.82) is 0 Å². The van der Waals surface area contributed by atoms with Gasteiger partial charge in [-0.2, -0.15) is 0 Å². The lowest BCUT2D eigenvalue weighted by Crippen LogP contribution is -2.21. The lowest BCUT2D eigenvalue weighted by Gasteiger charge is -2.18. The lowest BCUT2D eigenvalue weighted by molar-refractivity contribution is -0.255. The van der Waals surface area contributed by atoms with Gasteiger partial charge >= 0.3 is 0 Å². The minimum Gasteiger partial charge on any atom is -0.545 e. The second-order valence-corrected chi connectivity index (χ2v) is 5.97. The van der Waals surface area contributed by atoms with E-state index in [2.05, 4.69) is 0 Å². The van der Waals surface area contributed by atoms with Gasteiger partial charge in [-0.15, -0.1) is 0 Å². The van der Waals surface area contributed by atoms with Gasteiger partial charge in [-0.05, 0) is 48.2 Å². The number of allylic oxidation sites excluding steroid dienone is 1. The third-order valence-corrected chi connectivity index (χ3v) is 4.25. The number of aromatic carboxylic acids is 1. The number of nitrogens with zero attached hydrogens (tertiary/aromatic N) is 1. The van der Waals surface area contributed by atoms with Gasteiger partial charge in [0.25, 0.3) is 0 Å².